The van der Waals surface area contributed by atoms with Crippen molar-refractivity contribution in [3.63, 3.8) is 0 Å². The van der Waals surface area contributed by atoms with Crippen LogP contribution in [0.3, 0.4) is 0 Å². The van der Waals surface area contributed by atoms with Gasteiger partial charge in [0.25, 0.3) is 0 Å². The van der Waals surface area contributed by atoms with Crippen LogP contribution in [0.5, 0.6) is 0 Å². The topological polar surface area (TPSA) is 128 Å². The zero-order valence-corrected chi connectivity index (χ0v) is 20.8. The summed E-state index contributed by atoms with van der Waals surface area (Å²) >= 11 is 1.60. The predicted octanol–water partition coefficient (Wildman–Crippen LogP) is 2.65. The molecule has 0 bridgehead atoms. The van der Waals surface area contributed by atoms with E-state index in [4.69, 9.17) is 10.8 Å². The van der Waals surface area contributed by atoms with Gasteiger partial charge in [0, 0.05) is 6.54 Å². The monoisotopic (exact) mass is 485 g/mol. The highest BCUT2D eigenvalue weighted by atomic mass is 32.1. The number of nitrogens with zero attached hydrogens (tertiary/aromatic N) is 2. The Hall–Kier alpha value is -3.20. The van der Waals surface area contributed by atoms with Crippen molar-refractivity contribution < 1.29 is 19.5 Å². The van der Waals surface area contributed by atoms with Gasteiger partial charge in [-0.25, -0.2) is 4.98 Å². The van der Waals surface area contributed by atoms with Crippen LogP contribution in [0.4, 0.5) is 0 Å². The third-order valence-corrected chi connectivity index (χ3v) is 7.16. The molecule has 1 aromatic heterocycles. The Bertz CT molecular complexity index is 1080. The van der Waals surface area contributed by atoms with Gasteiger partial charge < -0.3 is 21.1 Å². The largest absolute Gasteiger partial charge is 0.596 e. The molecule has 0 aliphatic carbocycles. The number of benzene rings is 1. The SMILES string of the molecule is Cc1ncsc1-c1ccc([C@H](C)NC(=O)[C@@H]2CCCN2C(=O)C(/C([OH2+])=C/C(N)=O)C(C)C)cc1. The number of amides is 3. The maximum Gasteiger partial charge on any atom is 0.250 e. The van der Waals surface area contributed by atoms with Crippen LogP contribution in [-0.4, -0.2) is 45.3 Å². The van der Waals surface area contributed by atoms with Crippen molar-refractivity contribution in [1.82, 2.24) is 15.2 Å². The van der Waals surface area contributed by atoms with E-state index in [1.165, 1.54) is 0 Å². The first kappa shape index (κ1) is 25.4. The second-order valence-electron chi connectivity index (χ2n) is 9.03. The Labute approximate surface area is 203 Å². The van der Waals surface area contributed by atoms with Crippen molar-refractivity contribution in [3.05, 3.63) is 52.9 Å². The van der Waals surface area contributed by atoms with E-state index in [2.05, 4.69) is 10.3 Å². The quantitative estimate of drug-likeness (QED) is 0.338. The van der Waals surface area contributed by atoms with Gasteiger partial charge in [0.2, 0.25) is 23.5 Å². The molecule has 34 heavy (non-hydrogen) atoms. The highest BCUT2D eigenvalue weighted by Crippen LogP contribution is 2.29. The lowest BCUT2D eigenvalue weighted by Crippen LogP contribution is -2.49. The Morgan fingerprint density at radius 1 is 1.24 bits per heavy atom. The van der Waals surface area contributed by atoms with Gasteiger partial charge in [0.1, 0.15) is 12.0 Å². The average Bonchev–Trinajstić information content (AvgIpc) is 3.42. The normalized spacial score (nSPS) is 18.1. The number of carbonyl (C=O) groups is 3. The summed E-state index contributed by atoms with van der Waals surface area (Å²) in [6, 6.07) is 7.20. The van der Waals surface area contributed by atoms with Gasteiger partial charge in [-0.2, -0.15) is 0 Å². The molecule has 0 saturated carbocycles. The van der Waals surface area contributed by atoms with E-state index in [-0.39, 0.29) is 29.5 Å². The van der Waals surface area contributed by atoms with Crippen molar-refractivity contribution in [1.29, 1.82) is 0 Å². The van der Waals surface area contributed by atoms with Gasteiger partial charge in [0.05, 0.1) is 28.2 Å². The van der Waals surface area contributed by atoms with Crippen molar-refractivity contribution >= 4 is 29.1 Å². The standard InChI is InChI=1S/C25H32N4O4S/c1-14(2)22(20(30)12-21(26)31)25(33)29-11-5-6-19(29)24(32)28-15(3)17-7-9-18(10-8-17)23-16(4)27-13-34-23/h7-10,12-15,19,22,30H,5-6,11H2,1-4H3,(H2,26,31)(H,28,32)/p+1/b20-12-/t15-,19-,22?/m0/s1. The number of likely N-dealkylation sites (tertiary alicyclic amines) is 1. The maximum absolute atomic E-state index is 13.3. The number of hydrogen-bond donors (Lipinski definition) is 2. The van der Waals surface area contributed by atoms with Crippen molar-refractivity contribution in [3.8, 4) is 10.4 Å². The lowest BCUT2D eigenvalue weighted by molar-refractivity contribution is -0.142. The molecule has 0 radical (unpaired) electrons. The molecule has 1 unspecified atom stereocenters. The summed E-state index contributed by atoms with van der Waals surface area (Å²) in [4.78, 5) is 44.6. The van der Waals surface area contributed by atoms with E-state index in [1.54, 1.807) is 16.2 Å². The number of carbonyl (C=O) groups excluding carboxylic acids is 3. The van der Waals surface area contributed by atoms with E-state index >= 15 is 0 Å². The number of hydrogen-bond acceptors (Lipinski definition) is 5. The summed E-state index contributed by atoms with van der Waals surface area (Å²) < 4.78 is 0. The predicted molar refractivity (Wildman–Crippen MR) is 133 cm³/mol. The van der Waals surface area contributed by atoms with Crippen LogP contribution in [0.1, 0.15) is 50.9 Å². The summed E-state index contributed by atoms with van der Waals surface area (Å²) in [6.45, 7) is 7.98. The van der Waals surface area contributed by atoms with Crippen LogP contribution < -0.4 is 11.1 Å². The minimum Gasteiger partial charge on any atom is -0.596 e. The van der Waals surface area contributed by atoms with E-state index in [1.807, 2.05) is 57.5 Å². The lowest BCUT2D eigenvalue weighted by atomic mass is 9.91. The zero-order valence-electron chi connectivity index (χ0n) is 20.0. The fourth-order valence-electron chi connectivity index (χ4n) is 4.40. The Morgan fingerprint density at radius 2 is 1.91 bits per heavy atom. The number of thiazole rings is 1. The molecule has 1 aliphatic rings. The Balaban J connectivity index is 1.70. The second kappa shape index (κ2) is 10.8. The molecule has 5 N–H and O–H groups in total. The number of nitrogens with one attached hydrogen (secondary N) is 1. The van der Waals surface area contributed by atoms with Gasteiger partial charge in [-0.3, -0.25) is 14.4 Å². The molecular weight excluding hydrogens is 452 g/mol. The molecule has 2 aromatic rings. The first-order chi connectivity index (χ1) is 16.1. The minimum absolute atomic E-state index is 0.122. The molecule has 8 nitrogen and oxygen atoms in total. The summed E-state index contributed by atoms with van der Waals surface area (Å²) in [5.74, 6) is -2.44. The molecule has 1 saturated heterocycles. The van der Waals surface area contributed by atoms with Gasteiger partial charge in [-0.1, -0.05) is 38.1 Å². The van der Waals surface area contributed by atoms with Gasteiger partial charge in [-0.05, 0) is 43.7 Å². The fourth-order valence-corrected chi connectivity index (χ4v) is 5.21. The van der Waals surface area contributed by atoms with Crippen molar-refractivity contribution in [2.75, 3.05) is 6.54 Å². The van der Waals surface area contributed by atoms with E-state index < -0.39 is 17.9 Å². The van der Waals surface area contributed by atoms with E-state index in [0.29, 0.717) is 19.4 Å². The minimum atomic E-state index is -0.818. The molecule has 2 heterocycles. The molecule has 9 heteroatoms. The molecule has 182 valence electrons. The highest BCUT2D eigenvalue weighted by Gasteiger charge is 2.41. The first-order valence-electron chi connectivity index (χ1n) is 11.4. The van der Waals surface area contributed by atoms with Crippen molar-refractivity contribution in [2.24, 2.45) is 17.6 Å². The molecule has 1 aliphatic heterocycles. The number of rotatable bonds is 8. The van der Waals surface area contributed by atoms with Crippen LogP contribution in [0.25, 0.3) is 10.4 Å². The number of primary amides is 1. The lowest BCUT2D eigenvalue weighted by Gasteiger charge is -2.29. The van der Waals surface area contributed by atoms with Gasteiger partial charge in [-0.15, -0.1) is 11.3 Å². The molecule has 3 rings (SSSR count). The van der Waals surface area contributed by atoms with Crippen LogP contribution >= 0.6 is 11.3 Å². The number of nitrogens with two attached hydrogens (primary N) is 1. The molecule has 1 aromatic carbocycles. The average molecular weight is 486 g/mol. The van der Waals surface area contributed by atoms with E-state index in [9.17, 15) is 14.4 Å². The van der Waals surface area contributed by atoms with Crippen LogP contribution in [0.15, 0.2) is 41.6 Å². The van der Waals surface area contributed by atoms with Gasteiger partial charge >= 0.3 is 0 Å². The van der Waals surface area contributed by atoms with Gasteiger partial charge in [0.15, 0.2) is 0 Å². The van der Waals surface area contributed by atoms with E-state index in [0.717, 1.165) is 27.8 Å². The number of aryl methyl sites for hydroxylation is 1. The number of aromatic nitrogens is 1. The third kappa shape index (κ3) is 5.64. The van der Waals surface area contributed by atoms with Crippen molar-refractivity contribution in [2.45, 2.75) is 52.6 Å². The van der Waals surface area contributed by atoms with Crippen LogP contribution in [0, 0.1) is 18.8 Å². The third-order valence-electron chi connectivity index (χ3n) is 6.18. The Kier molecular flexibility index (Phi) is 8.09. The summed E-state index contributed by atoms with van der Waals surface area (Å²) in [6.07, 6.45) is 2.25. The molecule has 0 spiro atoms. The summed E-state index contributed by atoms with van der Waals surface area (Å²) in [7, 11) is 0. The molecule has 1 fully saturated rings. The van der Waals surface area contributed by atoms with Crippen LogP contribution in [-0.2, 0) is 14.4 Å². The Morgan fingerprint density at radius 3 is 2.47 bits per heavy atom. The fraction of sp³-hybridized carbons (Fsp3) is 0.440. The maximum atomic E-state index is 13.3. The first-order valence-corrected chi connectivity index (χ1v) is 12.3. The molecule has 3 atom stereocenters. The molecular formula is C25H33N4O4S+. The van der Waals surface area contributed by atoms with Crippen LogP contribution in [0.2, 0.25) is 0 Å². The summed E-state index contributed by atoms with van der Waals surface area (Å²) in [5.41, 5.74) is 10.1. The summed E-state index contributed by atoms with van der Waals surface area (Å²) in [5, 5.41) is 11.2. The zero-order chi connectivity index (χ0) is 25.0. The molecule has 3 amide bonds. The second-order valence-corrected chi connectivity index (χ2v) is 9.89. The smallest absolute Gasteiger partial charge is 0.250 e. The highest BCUT2D eigenvalue weighted by molar-refractivity contribution is 7.13.